The topological polar surface area (TPSA) is 58.2 Å². The van der Waals surface area contributed by atoms with E-state index >= 15 is 0 Å². The highest BCUT2D eigenvalue weighted by atomic mass is 79.9. The van der Waals surface area contributed by atoms with Crippen LogP contribution >= 0.6 is 27.3 Å². The van der Waals surface area contributed by atoms with Gasteiger partial charge in [0.05, 0.1) is 3.79 Å². The molecular formula is C12H13BrN2O2S2. The summed E-state index contributed by atoms with van der Waals surface area (Å²) in [7, 11) is -1.66. The zero-order chi connectivity index (χ0) is 13.9. The lowest BCUT2D eigenvalue weighted by Crippen LogP contribution is -2.12. The number of halogens is 1. The Morgan fingerprint density at radius 1 is 1.26 bits per heavy atom. The molecule has 0 spiro atoms. The average Bonchev–Trinajstić information content (AvgIpc) is 2.77. The van der Waals surface area contributed by atoms with Gasteiger partial charge in [-0.25, -0.2) is 8.42 Å². The molecule has 1 heterocycles. The predicted molar refractivity (Wildman–Crippen MR) is 82.0 cm³/mol. The third-order valence-electron chi connectivity index (χ3n) is 2.37. The molecule has 7 heteroatoms. The van der Waals surface area contributed by atoms with Gasteiger partial charge in [0, 0.05) is 12.2 Å². The van der Waals surface area contributed by atoms with Gasteiger partial charge in [-0.2, -0.15) is 0 Å². The van der Waals surface area contributed by atoms with E-state index < -0.39 is 10.0 Å². The van der Waals surface area contributed by atoms with E-state index in [1.165, 1.54) is 11.3 Å². The second kappa shape index (κ2) is 6.04. The standard InChI is InChI=1S/C12H13BrN2O2S2/c1-14-8-9-3-2-4-10(7-9)15-19(16,17)12-6-5-11(13)18-12/h2-7,14-15H,8H2,1H3. The molecule has 2 rings (SSSR count). The Hall–Kier alpha value is -0.890. The molecule has 4 nitrogen and oxygen atoms in total. The highest BCUT2D eigenvalue weighted by Gasteiger charge is 2.16. The molecule has 1 aromatic heterocycles. The summed E-state index contributed by atoms with van der Waals surface area (Å²) in [6, 6.07) is 10.6. The molecule has 19 heavy (non-hydrogen) atoms. The van der Waals surface area contributed by atoms with Crippen LogP contribution < -0.4 is 10.0 Å². The molecule has 0 atom stereocenters. The molecule has 0 fully saturated rings. The highest BCUT2D eigenvalue weighted by molar-refractivity contribution is 9.11. The van der Waals surface area contributed by atoms with Crippen molar-refractivity contribution in [2.24, 2.45) is 0 Å². The van der Waals surface area contributed by atoms with Crippen molar-refractivity contribution in [3.63, 3.8) is 0 Å². The normalized spacial score (nSPS) is 11.5. The third-order valence-corrected chi connectivity index (χ3v) is 5.87. The van der Waals surface area contributed by atoms with Gasteiger partial charge >= 0.3 is 0 Å². The minimum absolute atomic E-state index is 0.290. The van der Waals surface area contributed by atoms with Crippen LogP contribution in [0.15, 0.2) is 44.4 Å². The molecule has 0 amide bonds. The average molecular weight is 361 g/mol. The highest BCUT2D eigenvalue weighted by Crippen LogP contribution is 2.27. The lowest BCUT2D eigenvalue weighted by Gasteiger charge is -2.08. The molecule has 102 valence electrons. The second-order valence-electron chi connectivity index (χ2n) is 3.89. The Bertz CT molecular complexity index is 668. The van der Waals surface area contributed by atoms with E-state index in [4.69, 9.17) is 0 Å². The fourth-order valence-corrected chi connectivity index (χ4v) is 4.66. The first kappa shape index (κ1) is 14.5. The van der Waals surface area contributed by atoms with E-state index in [1.807, 2.05) is 25.2 Å². The van der Waals surface area contributed by atoms with E-state index in [1.54, 1.807) is 18.2 Å². The minimum atomic E-state index is -3.51. The lowest BCUT2D eigenvalue weighted by molar-refractivity contribution is 0.603. The van der Waals surface area contributed by atoms with Gasteiger partial charge in [0.15, 0.2) is 0 Å². The van der Waals surface area contributed by atoms with Gasteiger partial charge in [0.25, 0.3) is 10.0 Å². The van der Waals surface area contributed by atoms with E-state index in [0.29, 0.717) is 16.4 Å². The van der Waals surface area contributed by atoms with Gasteiger partial charge in [0.1, 0.15) is 4.21 Å². The zero-order valence-electron chi connectivity index (χ0n) is 10.2. The molecule has 1 aromatic carbocycles. The lowest BCUT2D eigenvalue weighted by atomic mass is 10.2. The van der Waals surface area contributed by atoms with Crippen molar-refractivity contribution in [3.05, 3.63) is 45.7 Å². The summed E-state index contributed by atoms with van der Waals surface area (Å²) < 4.78 is 28.0. The maximum Gasteiger partial charge on any atom is 0.271 e. The molecule has 0 bridgehead atoms. The molecule has 0 saturated heterocycles. The second-order valence-corrected chi connectivity index (χ2v) is 8.27. The fraction of sp³-hybridized carbons (Fsp3) is 0.167. The van der Waals surface area contributed by atoms with Crippen molar-refractivity contribution >= 4 is 43.0 Å². The Labute approximate surface area is 125 Å². The van der Waals surface area contributed by atoms with Crippen LogP contribution in [-0.4, -0.2) is 15.5 Å². The van der Waals surface area contributed by atoms with Crippen LogP contribution in [0.25, 0.3) is 0 Å². The molecule has 0 aliphatic carbocycles. The van der Waals surface area contributed by atoms with Crippen LogP contribution in [0.5, 0.6) is 0 Å². The summed E-state index contributed by atoms with van der Waals surface area (Å²) in [6.07, 6.45) is 0. The van der Waals surface area contributed by atoms with Gasteiger partial charge in [-0.1, -0.05) is 12.1 Å². The number of rotatable bonds is 5. The van der Waals surface area contributed by atoms with Crippen LogP contribution in [0.2, 0.25) is 0 Å². The molecule has 2 aromatic rings. The maximum absolute atomic E-state index is 12.1. The van der Waals surface area contributed by atoms with Gasteiger partial charge < -0.3 is 5.32 Å². The smallest absolute Gasteiger partial charge is 0.271 e. The summed E-state index contributed by atoms with van der Waals surface area (Å²) in [6.45, 7) is 0.695. The van der Waals surface area contributed by atoms with Gasteiger partial charge in [-0.05, 0) is 52.8 Å². The number of thiophene rings is 1. The van der Waals surface area contributed by atoms with Crippen LogP contribution in [-0.2, 0) is 16.6 Å². The number of benzene rings is 1. The summed E-state index contributed by atoms with van der Waals surface area (Å²) in [4.78, 5) is 0. The first-order valence-corrected chi connectivity index (χ1v) is 8.62. The quantitative estimate of drug-likeness (QED) is 0.861. The van der Waals surface area contributed by atoms with Crippen LogP contribution in [0.3, 0.4) is 0 Å². The molecule has 0 unspecified atom stereocenters. The van der Waals surface area contributed by atoms with Crippen molar-refractivity contribution in [3.8, 4) is 0 Å². The Balaban J connectivity index is 2.23. The minimum Gasteiger partial charge on any atom is -0.316 e. The molecule has 0 radical (unpaired) electrons. The van der Waals surface area contributed by atoms with Crippen molar-refractivity contribution in [1.82, 2.24) is 5.32 Å². The zero-order valence-corrected chi connectivity index (χ0v) is 13.4. The van der Waals surface area contributed by atoms with Crippen molar-refractivity contribution in [2.75, 3.05) is 11.8 Å². The van der Waals surface area contributed by atoms with Gasteiger partial charge in [-0.3, -0.25) is 4.72 Å². The summed E-state index contributed by atoms with van der Waals surface area (Å²) in [5.41, 5.74) is 1.59. The van der Waals surface area contributed by atoms with E-state index in [9.17, 15) is 8.42 Å². The van der Waals surface area contributed by atoms with Crippen molar-refractivity contribution < 1.29 is 8.42 Å². The predicted octanol–water partition coefficient (Wildman–Crippen LogP) is 3.03. The Morgan fingerprint density at radius 3 is 2.68 bits per heavy atom. The van der Waals surface area contributed by atoms with E-state index in [2.05, 4.69) is 26.0 Å². The third kappa shape index (κ3) is 3.79. The molecule has 2 N–H and O–H groups in total. The number of hydrogen-bond donors (Lipinski definition) is 2. The summed E-state index contributed by atoms with van der Waals surface area (Å²) >= 11 is 4.44. The van der Waals surface area contributed by atoms with Crippen LogP contribution in [0.4, 0.5) is 5.69 Å². The number of sulfonamides is 1. The SMILES string of the molecule is CNCc1cccc(NS(=O)(=O)c2ccc(Br)s2)c1. The molecule has 0 saturated carbocycles. The first-order chi connectivity index (χ1) is 9.01. The number of nitrogens with one attached hydrogen (secondary N) is 2. The summed E-state index contributed by atoms with van der Waals surface area (Å²) in [5, 5.41) is 3.03. The van der Waals surface area contributed by atoms with Gasteiger partial charge in [-0.15, -0.1) is 11.3 Å². The Morgan fingerprint density at radius 2 is 2.05 bits per heavy atom. The van der Waals surface area contributed by atoms with E-state index in [0.717, 1.165) is 9.35 Å². The molecule has 0 aliphatic rings. The Kier molecular flexibility index (Phi) is 4.62. The largest absolute Gasteiger partial charge is 0.316 e. The maximum atomic E-state index is 12.1. The van der Waals surface area contributed by atoms with Crippen molar-refractivity contribution in [2.45, 2.75) is 10.8 Å². The number of hydrogen-bond acceptors (Lipinski definition) is 4. The van der Waals surface area contributed by atoms with Gasteiger partial charge in [0.2, 0.25) is 0 Å². The van der Waals surface area contributed by atoms with Crippen molar-refractivity contribution in [1.29, 1.82) is 0 Å². The fourth-order valence-electron chi connectivity index (χ4n) is 1.60. The monoisotopic (exact) mass is 360 g/mol. The number of anilines is 1. The van der Waals surface area contributed by atoms with Crippen LogP contribution in [0.1, 0.15) is 5.56 Å². The molecular weight excluding hydrogens is 348 g/mol. The first-order valence-electron chi connectivity index (χ1n) is 5.53. The van der Waals surface area contributed by atoms with E-state index in [-0.39, 0.29) is 0 Å². The van der Waals surface area contributed by atoms with Crippen LogP contribution in [0, 0.1) is 0 Å². The molecule has 0 aliphatic heterocycles. The summed E-state index contributed by atoms with van der Waals surface area (Å²) in [5.74, 6) is 0.